The average molecular weight is 323 g/mol. The highest BCUT2D eigenvalue weighted by Crippen LogP contribution is 2.38. The number of benzene rings is 2. The van der Waals surface area contributed by atoms with E-state index >= 15 is 0 Å². The summed E-state index contributed by atoms with van der Waals surface area (Å²) in [6.45, 7) is 0.634. The van der Waals surface area contributed by atoms with Gasteiger partial charge >= 0.3 is 0 Å². The van der Waals surface area contributed by atoms with Crippen molar-refractivity contribution >= 4 is 15.9 Å². The Morgan fingerprint density at radius 1 is 1.21 bits per heavy atom. The van der Waals surface area contributed by atoms with Crippen LogP contribution in [0, 0.1) is 5.82 Å². The van der Waals surface area contributed by atoms with Crippen LogP contribution < -0.4 is 4.74 Å². The first kappa shape index (κ1) is 12.6. The molecule has 2 nitrogen and oxygen atoms in total. The highest BCUT2D eigenvalue weighted by Gasteiger charge is 2.23. The molecule has 0 fully saturated rings. The third-order valence-corrected chi connectivity index (χ3v) is 3.72. The summed E-state index contributed by atoms with van der Waals surface area (Å²) in [6.07, 6.45) is 0.0303. The molecule has 2 aromatic carbocycles. The molecule has 3 rings (SSSR count). The maximum atomic E-state index is 12.9. The van der Waals surface area contributed by atoms with Gasteiger partial charge < -0.3 is 9.84 Å². The number of hydrogen-bond donors (Lipinski definition) is 1. The van der Waals surface area contributed by atoms with Gasteiger partial charge in [0.1, 0.15) is 17.7 Å². The van der Waals surface area contributed by atoms with E-state index in [1.807, 2.05) is 12.1 Å². The molecule has 1 atom stereocenters. The molecule has 0 spiro atoms. The van der Waals surface area contributed by atoms with E-state index in [-0.39, 0.29) is 5.82 Å². The second-order valence-electron chi connectivity index (χ2n) is 4.54. The van der Waals surface area contributed by atoms with Crippen LogP contribution in [-0.2, 0) is 6.42 Å². The lowest BCUT2D eigenvalue weighted by Crippen LogP contribution is -2.02. The summed E-state index contributed by atoms with van der Waals surface area (Å²) >= 11 is 3.44. The molecule has 0 aromatic heterocycles. The molecule has 1 heterocycles. The van der Waals surface area contributed by atoms with Gasteiger partial charge in [0.15, 0.2) is 0 Å². The molecule has 1 N–H and O–H groups in total. The van der Waals surface area contributed by atoms with E-state index in [1.165, 1.54) is 12.1 Å². The molecule has 0 radical (unpaired) electrons. The number of halogens is 2. The minimum Gasteiger partial charge on any atom is -0.493 e. The van der Waals surface area contributed by atoms with Crippen LogP contribution >= 0.6 is 15.9 Å². The Kier molecular flexibility index (Phi) is 3.29. The predicted molar refractivity (Wildman–Crippen MR) is 73.8 cm³/mol. The molecule has 0 saturated carbocycles. The summed E-state index contributed by atoms with van der Waals surface area (Å²) in [5.74, 6) is 0.437. The van der Waals surface area contributed by atoms with Crippen LogP contribution in [-0.4, -0.2) is 11.7 Å². The third-order valence-electron chi connectivity index (χ3n) is 3.26. The van der Waals surface area contributed by atoms with Gasteiger partial charge in [-0.15, -0.1) is 0 Å². The quantitative estimate of drug-likeness (QED) is 0.915. The van der Waals surface area contributed by atoms with Gasteiger partial charge in [0, 0.05) is 16.5 Å². The van der Waals surface area contributed by atoms with Crippen LogP contribution in [0.25, 0.3) is 0 Å². The summed E-state index contributed by atoms with van der Waals surface area (Å²) in [5.41, 5.74) is 2.45. The molecule has 4 heteroatoms. The van der Waals surface area contributed by atoms with Crippen LogP contribution in [0.3, 0.4) is 0 Å². The number of aliphatic hydroxyl groups excluding tert-OH is 1. The van der Waals surface area contributed by atoms with Crippen molar-refractivity contribution in [1.82, 2.24) is 0 Å². The molecular formula is C15H12BrFO2. The lowest BCUT2D eigenvalue weighted by Gasteiger charge is -2.15. The first-order valence-electron chi connectivity index (χ1n) is 6.04. The molecular weight excluding hydrogens is 311 g/mol. The summed E-state index contributed by atoms with van der Waals surface area (Å²) in [6, 6.07) is 9.71. The topological polar surface area (TPSA) is 29.5 Å². The molecule has 19 heavy (non-hydrogen) atoms. The van der Waals surface area contributed by atoms with Crippen molar-refractivity contribution in [2.24, 2.45) is 0 Å². The van der Waals surface area contributed by atoms with Crippen molar-refractivity contribution < 1.29 is 14.2 Å². The molecule has 1 aliphatic heterocycles. The highest BCUT2D eigenvalue weighted by molar-refractivity contribution is 9.10. The van der Waals surface area contributed by atoms with Gasteiger partial charge in [0.25, 0.3) is 0 Å². The Morgan fingerprint density at radius 2 is 1.95 bits per heavy atom. The second-order valence-corrected chi connectivity index (χ2v) is 5.45. The Balaban J connectivity index is 2.04. The molecule has 0 bridgehead atoms. The second kappa shape index (κ2) is 4.94. The fourth-order valence-corrected chi connectivity index (χ4v) is 2.85. The predicted octanol–water partition coefficient (Wildman–Crippen LogP) is 3.60. The SMILES string of the molecule is OC(c1ccc(F)cc1)c1cc(Br)cc2c1OCC2. The zero-order valence-corrected chi connectivity index (χ0v) is 11.7. The van der Waals surface area contributed by atoms with Gasteiger partial charge in [-0.2, -0.15) is 0 Å². The average Bonchev–Trinajstić information content (AvgIpc) is 2.85. The van der Waals surface area contributed by atoms with Crippen molar-refractivity contribution in [2.45, 2.75) is 12.5 Å². The van der Waals surface area contributed by atoms with E-state index in [2.05, 4.69) is 15.9 Å². The smallest absolute Gasteiger partial charge is 0.128 e. The first-order valence-corrected chi connectivity index (χ1v) is 6.83. The monoisotopic (exact) mass is 322 g/mol. The van der Waals surface area contributed by atoms with Crippen LogP contribution in [0.2, 0.25) is 0 Å². The van der Waals surface area contributed by atoms with Gasteiger partial charge in [0.05, 0.1) is 6.61 Å². The Bertz CT molecular complexity index is 610. The van der Waals surface area contributed by atoms with Crippen LogP contribution in [0.1, 0.15) is 22.8 Å². The molecule has 1 aliphatic rings. The number of fused-ring (bicyclic) bond motifs is 1. The minimum atomic E-state index is -0.815. The fourth-order valence-electron chi connectivity index (χ4n) is 2.33. The van der Waals surface area contributed by atoms with Crippen molar-refractivity contribution in [2.75, 3.05) is 6.61 Å². The van der Waals surface area contributed by atoms with Crippen LogP contribution in [0.5, 0.6) is 5.75 Å². The Hall–Kier alpha value is -1.39. The van der Waals surface area contributed by atoms with E-state index in [9.17, 15) is 9.50 Å². The van der Waals surface area contributed by atoms with E-state index in [0.717, 1.165) is 22.2 Å². The summed E-state index contributed by atoms with van der Waals surface area (Å²) < 4.78 is 19.4. The van der Waals surface area contributed by atoms with Crippen molar-refractivity contribution in [3.63, 3.8) is 0 Å². The molecule has 0 saturated heterocycles. The standard InChI is InChI=1S/C15H12BrFO2/c16-11-7-10-5-6-19-15(10)13(8-11)14(18)9-1-3-12(17)4-2-9/h1-4,7-8,14,18H,5-6H2. The van der Waals surface area contributed by atoms with E-state index in [0.29, 0.717) is 17.7 Å². The maximum absolute atomic E-state index is 12.9. The molecule has 0 aliphatic carbocycles. The highest BCUT2D eigenvalue weighted by atomic mass is 79.9. The molecule has 2 aromatic rings. The van der Waals surface area contributed by atoms with Gasteiger partial charge in [-0.1, -0.05) is 28.1 Å². The normalized spacial score (nSPS) is 14.9. The zero-order valence-electron chi connectivity index (χ0n) is 10.1. The van der Waals surface area contributed by atoms with E-state index in [4.69, 9.17) is 4.74 Å². The van der Waals surface area contributed by atoms with Gasteiger partial charge in [-0.05, 0) is 35.4 Å². The first-order chi connectivity index (χ1) is 9.15. The Labute approximate surface area is 119 Å². The summed E-state index contributed by atoms with van der Waals surface area (Å²) in [5, 5.41) is 10.4. The molecule has 98 valence electrons. The minimum absolute atomic E-state index is 0.313. The lowest BCUT2D eigenvalue weighted by molar-refractivity contribution is 0.213. The lowest BCUT2D eigenvalue weighted by atomic mass is 9.98. The number of ether oxygens (including phenoxy) is 1. The van der Waals surface area contributed by atoms with Crippen molar-refractivity contribution in [3.05, 3.63) is 63.4 Å². The number of hydrogen-bond acceptors (Lipinski definition) is 2. The zero-order chi connectivity index (χ0) is 13.4. The molecule has 1 unspecified atom stereocenters. The molecule has 0 amide bonds. The van der Waals surface area contributed by atoms with E-state index < -0.39 is 6.10 Å². The maximum Gasteiger partial charge on any atom is 0.128 e. The fraction of sp³-hybridized carbons (Fsp3) is 0.200. The van der Waals surface area contributed by atoms with Crippen LogP contribution in [0.4, 0.5) is 4.39 Å². The third kappa shape index (κ3) is 2.38. The van der Waals surface area contributed by atoms with Crippen molar-refractivity contribution in [1.29, 1.82) is 0 Å². The number of rotatable bonds is 2. The largest absolute Gasteiger partial charge is 0.493 e. The van der Waals surface area contributed by atoms with Crippen molar-refractivity contribution in [3.8, 4) is 5.75 Å². The van der Waals surface area contributed by atoms with Crippen LogP contribution in [0.15, 0.2) is 40.9 Å². The van der Waals surface area contributed by atoms with Gasteiger partial charge in [-0.25, -0.2) is 4.39 Å². The Morgan fingerprint density at radius 3 is 2.68 bits per heavy atom. The summed E-state index contributed by atoms with van der Waals surface area (Å²) in [7, 11) is 0. The van der Waals surface area contributed by atoms with E-state index in [1.54, 1.807) is 12.1 Å². The number of aliphatic hydroxyl groups is 1. The van der Waals surface area contributed by atoms with Gasteiger partial charge in [-0.3, -0.25) is 0 Å². The van der Waals surface area contributed by atoms with Gasteiger partial charge in [0.2, 0.25) is 0 Å². The summed E-state index contributed by atoms with van der Waals surface area (Å²) in [4.78, 5) is 0.